The van der Waals surface area contributed by atoms with Gasteiger partial charge in [0.1, 0.15) is 5.75 Å². The molecule has 0 aromatic heterocycles. The van der Waals surface area contributed by atoms with Gasteiger partial charge in [0.25, 0.3) is 0 Å². The van der Waals surface area contributed by atoms with Crippen molar-refractivity contribution in [3.05, 3.63) is 54.1 Å². The highest BCUT2D eigenvalue weighted by Crippen LogP contribution is 2.18. The topological polar surface area (TPSA) is 66.1 Å². The van der Waals surface area contributed by atoms with Crippen molar-refractivity contribution >= 4 is 17.3 Å². The van der Waals surface area contributed by atoms with Gasteiger partial charge in [0.2, 0.25) is 0 Å². The summed E-state index contributed by atoms with van der Waals surface area (Å²) in [5.74, 6) is 1.32. The smallest absolute Gasteiger partial charge is 0.193 e. The van der Waals surface area contributed by atoms with Crippen LogP contribution >= 0.6 is 0 Å². The molecule has 3 N–H and O–H groups in total. The van der Waals surface area contributed by atoms with E-state index >= 15 is 0 Å². The van der Waals surface area contributed by atoms with E-state index in [4.69, 9.17) is 10.5 Å². The number of guanidine groups is 1. The van der Waals surface area contributed by atoms with Crippen LogP contribution in [0, 0.1) is 6.92 Å². The number of unbranched alkanes of at least 4 members (excludes halogenated alkanes) is 1. The third-order valence-electron chi connectivity index (χ3n) is 5.40. The number of nitrogens with one attached hydrogen (secondary N) is 1. The first-order chi connectivity index (χ1) is 15.0. The Hall–Kier alpha value is -2.73. The molecule has 3 rings (SSSR count). The lowest BCUT2D eigenvalue weighted by Crippen LogP contribution is -2.46. The highest BCUT2D eigenvalue weighted by atomic mass is 16.5. The van der Waals surface area contributed by atoms with Gasteiger partial charge in [-0.05, 0) is 82.1 Å². The summed E-state index contributed by atoms with van der Waals surface area (Å²) in [6, 6.07) is 16.6. The van der Waals surface area contributed by atoms with Crippen LogP contribution < -0.4 is 20.7 Å². The van der Waals surface area contributed by atoms with Crippen molar-refractivity contribution in [1.82, 2.24) is 4.90 Å². The van der Waals surface area contributed by atoms with Crippen LogP contribution in [-0.2, 0) is 0 Å². The number of nitrogens with two attached hydrogens (primary N) is 1. The Morgan fingerprint density at radius 3 is 2.48 bits per heavy atom. The molecule has 0 unspecified atom stereocenters. The van der Waals surface area contributed by atoms with E-state index in [-0.39, 0.29) is 6.10 Å². The molecule has 31 heavy (non-hydrogen) atoms. The highest BCUT2D eigenvalue weighted by Gasteiger charge is 2.16. The van der Waals surface area contributed by atoms with Gasteiger partial charge < -0.3 is 20.7 Å². The van der Waals surface area contributed by atoms with E-state index in [1.54, 1.807) is 0 Å². The predicted molar refractivity (Wildman–Crippen MR) is 131 cm³/mol. The molecular formula is C25H37N5O. The van der Waals surface area contributed by atoms with Gasteiger partial charge in [-0.25, -0.2) is 0 Å². The van der Waals surface area contributed by atoms with Gasteiger partial charge in [0.15, 0.2) is 5.96 Å². The Morgan fingerprint density at radius 2 is 1.81 bits per heavy atom. The SMILES string of the molecule is Cc1cccc(N2CCN(CCCCN=C(N)Nc3ccc(OC(C)C)cc3)CC2)c1. The van der Waals surface area contributed by atoms with Crippen LogP contribution in [0.4, 0.5) is 11.4 Å². The molecule has 1 saturated heterocycles. The minimum absolute atomic E-state index is 0.169. The normalized spacial score (nSPS) is 15.4. The number of nitrogens with zero attached hydrogens (tertiary/aromatic N) is 3. The average Bonchev–Trinajstić information content (AvgIpc) is 2.75. The molecule has 168 valence electrons. The summed E-state index contributed by atoms with van der Waals surface area (Å²) >= 11 is 0. The van der Waals surface area contributed by atoms with Crippen LogP contribution in [0.3, 0.4) is 0 Å². The lowest BCUT2D eigenvalue weighted by atomic mass is 10.2. The number of aryl methyl sites for hydroxylation is 1. The molecule has 1 aliphatic heterocycles. The second kappa shape index (κ2) is 11.6. The fourth-order valence-corrected chi connectivity index (χ4v) is 3.78. The average molecular weight is 424 g/mol. The van der Waals surface area contributed by atoms with Gasteiger partial charge in [-0.1, -0.05) is 12.1 Å². The lowest BCUT2D eigenvalue weighted by molar-refractivity contribution is 0.242. The highest BCUT2D eigenvalue weighted by molar-refractivity contribution is 5.92. The number of hydrogen-bond donors (Lipinski definition) is 2. The molecule has 0 saturated carbocycles. The monoisotopic (exact) mass is 423 g/mol. The summed E-state index contributed by atoms with van der Waals surface area (Å²) in [6.45, 7) is 12.5. The van der Waals surface area contributed by atoms with Gasteiger partial charge in [-0.15, -0.1) is 0 Å². The maximum atomic E-state index is 6.02. The zero-order valence-electron chi connectivity index (χ0n) is 19.2. The maximum Gasteiger partial charge on any atom is 0.193 e. The number of aliphatic imine (C=N–C) groups is 1. The Labute approximate surface area is 187 Å². The first kappa shape index (κ1) is 22.9. The third-order valence-corrected chi connectivity index (χ3v) is 5.40. The zero-order valence-corrected chi connectivity index (χ0v) is 19.2. The molecule has 0 amide bonds. The van der Waals surface area contributed by atoms with Crippen molar-refractivity contribution < 1.29 is 4.74 Å². The van der Waals surface area contributed by atoms with Crippen molar-refractivity contribution in [2.75, 3.05) is 49.5 Å². The van der Waals surface area contributed by atoms with Crippen LogP contribution in [-0.4, -0.2) is 56.2 Å². The summed E-state index contributed by atoms with van der Waals surface area (Å²) in [5.41, 5.74) is 9.61. The quantitative estimate of drug-likeness (QED) is 0.361. The van der Waals surface area contributed by atoms with E-state index in [9.17, 15) is 0 Å². The second-order valence-corrected chi connectivity index (χ2v) is 8.46. The molecule has 0 aliphatic carbocycles. The molecule has 0 radical (unpaired) electrons. The Morgan fingerprint density at radius 1 is 1.06 bits per heavy atom. The molecular weight excluding hydrogens is 386 g/mol. The summed E-state index contributed by atoms with van der Waals surface area (Å²) in [6.07, 6.45) is 2.35. The van der Waals surface area contributed by atoms with E-state index in [1.807, 2.05) is 38.1 Å². The van der Waals surface area contributed by atoms with Gasteiger partial charge in [-0.3, -0.25) is 9.89 Å². The molecule has 2 aromatic rings. The molecule has 0 bridgehead atoms. The Kier molecular flexibility index (Phi) is 8.59. The number of hydrogen-bond acceptors (Lipinski definition) is 4. The van der Waals surface area contributed by atoms with Crippen LogP contribution in [0.15, 0.2) is 53.5 Å². The second-order valence-electron chi connectivity index (χ2n) is 8.46. The van der Waals surface area contributed by atoms with Gasteiger partial charge in [-0.2, -0.15) is 0 Å². The lowest BCUT2D eigenvalue weighted by Gasteiger charge is -2.36. The summed E-state index contributed by atoms with van der Waals surface area (Å²) < 4.78 is 5.65. The van der Waals surface area contributed by atoms with Gasteiger partial charge in [0.05, 0.1) is 6.10 Å². The van der Waals surface area contributed by atoms with E-state index in [2.05, 4.69) is 51.3 Å². The number of piperazine rings is 1. The molecule has 2 aromatic carbocycles. The van der Waals surface area contributed by atoms with Crippen molar-refractivity contribution in [2.45, 2.75) is 39.7 Å². The summed E-state index contributed by atoms with van der Waals surface area (Å²) in [5, 5.41) is 3.14. The largest absolute Gasteiger partial charge is 0.491 e. The van der Waals surface area contributed by atoms with Crippen LogP contribution in [0.5, 0.6) is 5.75 Å². The van der Waals surface area contributed by atoms with Crippen LogP contribution in [0.25, 0.3) is 0 Å². The number of ether oxygens (including phenoxy) is 1. The van der Waals surface area contributed by atoms with Crippen LogP contribution in [0.1, 0.15) is 32.3 Å². The summed E-state index contributed by atoms with van der Waals surface area (Å²) in [4.78, 5) is 9.50. The van der Waals surface area contributed by atoms with Crippen molar-refractivity contribution in [3.63, 3.8) is 0 Å². The fourth-order valence-electron chi connectivity index (χ4n) is 3.78. The molecule has 1 aliphatic rings. The van der Waals surface area contributed by atoms with Crippen molar-refractivity contribution in [2.24, 2.45) is 10.7 Å². The molecule has 0 spiro atoms. The van der Waals surface area contributed by atoms with Crippen molar-refractivity contribution in [1.29, 1.82) is 0 Å². The minimum Gasteiger partial charge on any atom is -0.491 e. The number of rotatable bonds is 9. The predicted octanol–water partition coefficient (Wildman–Crippen LogP) is 4.11. The molecule has 6 heteroatoms. The van der Waals surface area contributed by atoms with E-state index in [1.165, 1.54) is 11.3 Å². The number of anilines is 2. The molecule has 1 heterocycles. The minimum atomic E-state index is 0.169. The molecule has 1 fully saturated rings. The first-order valence-corrected chi connectivity index (χ1v) is 11.4. The fraction of sp³-hybridized carbons (Fsp3) is 0.480. The van der Waals surface area contributed by atoms with Gasteiger partial charge >= 0.3 is 0 Å². The Bertz CT molecular complexity index is 826. The Balaban J connectivity index is 1.30. The molecule has 6 nitrogen and oxygen atoms in total. The van der Waals surface area contributed by atoms with Crippen LogP contribution in [0.2, 0.25) is 0 Å². The molecule has 0 atom stereocenters. The van der Waals surface area contributed by atoms with E-state index in [0.717, 1.165) is 63.5 Å². The number of benzene rings is 2. The zero-order chi connectivity index (χ0) is 22.1. The van der Waals surface area contributed by atoms with E-state index < -0.39 is 0 Å². The van der Waals surface area contributed by atoms with E-state index in [0.29, 0.717) is 5.96 Å². The standard InChI is InChI=1S/C25H37N5O/c1-20(2)31-24-11-9-22(10-12-24)28-25(26)27-13-4-5-14-29-15-17-30(18-16-29)23-8-6-7-21(3)19-23/h6-12,19-20H,4-5,13-18H2,1-3H3,(H3,26,27,28). The third kappa shape index (κ3) is 7.79. The summed E-state index contributed by atoms with van der Waals surface area (Å²) in [7, 11) is 0. The van der Waals surface area contributed by atoms with Crippen molar-refractivity contribution in [3.8, 4) is 5.75 Å². The first-order valence-electron chi connectivity index (χ1n) is 11.4. The maximum absolute atomic E-state index is 6.02. The van der Waals surface area contributed by atoms with Gasteiger partial charge in [0, 0.05) is 44.1 Å².